The molecule has 2 aliphatic rings. The third-order valence-corrected chi connectivity index (χ3v) is 8.34. The second-order valence-electron chi connectivity index (χ2n) is 10.8. The number of pyridine rings is 1. The number of aliphatic hydroxyl groups is 1. The predicted molar refractivity (Wildman–Crippen MR) is 148 cm³/mol. The third-order valence-electron chi connectivity index (χ3n) is 7.94. The van der Waals surface area contributed by atoms with Crippen LogP contribution in [0.3, 0.4) is 0 Å². The van der Waals surface area contributed by atoms with Gasteiger partial charge in [-0.1, -0.05) is 17.7 Å². The van der Waals surface area contributed by atoms with Crippen LogP contribution in [0, 0.1) is 24.6 Å². The summed E-state index contributed by atoms with van der Waals surface area (Å²) < 4.78 is 14.5. The Morgan fingerprint density at radius 3 is 2.57 bits per heavy atom. The quantitative estimate of drug-likeness (QED) is 0.314. The normalized spacial score (nSPS) is 19.9. The van der Waals surface area contributed by atoms with Crippen LogP contribution in [-0.4, -0.2) is 53.6 Å². The molecule has 2 aromatic carbocycles. The van der Waals surface area contributed by atoms with E-state index < -0.39 is 0 Å². The summed E-state index contributed by atoms with van der Waals surface area (Å²) in [4.78, 5) is 20.1. The standard InChI is InChI=1S/C30H35ClFN3O2/c1-18-26(31)14-22(15-27(18)32)21-7-10-28-24(13-21)29(25(16-33-28)30(37)20-5-6-20)34-23-8-3-19(4-9-23)17-35(2)11-12-36/h7,10,13-16,19-20,23,36H,3-6,8-9,11-12,17H2,1-2H3,(H,33,34). The van der Waals surface area contributed by atoms with E-state index in [2.05, 4.69) is 22.2 Å². The zero-order valence-electron chi connectivity index (χ0n) is 21.6. The van der Waals surface area contributed by atoms with Gasteiger partial charge < -0.3 is 15.3 Å². The first-order valence-electron chi connectivity index (χ1n) is 13.3. The third kappa shape index (κ3) is 5.82. The molecule has 2 aliphatic carbocycles. The molecule has 2 fully saturated rings. The highest BCUT2D eigenvalue weighted by Crippen LogP contribution is 2.39. The van der Waals surface area contributed by atoms with E-state index in [1.165, 1.54) is 6.07 Å². The van der Waals surface area contributed by atoms with Gasteiger partial charge in [-0.25, -0.2) is 4.39 Å². The Morgan fingerprint density at radius 2 is 1.89 bits per heavy atom. The Kier molecular flexibility index (Phi) is 7.80. The van der Waals surface area contributed by atoms with Gasteiger partial charge >= 0.3 is 0 Å². The lowest BCUT2D eigenvalue weighted by atomic mass is 9.85. The molecule has 3 aromatic rings. The molecule has 0 amide bonds. The number of anilines is 1. The molecule has 1 aromatic heterocycles. The number of nitrogens with zero attached hydrogens (tertiary/aromatic N) is 2. The van der Waals surface area contributed by atoms with E-state index in [1.807, 2.05) is 18.2 Å². The average molecular weight is 524 g/mol. The van der Waals surface area contributed by atoms with Gasteiger partial charge in [0.25, 0.3) is 0 Å². The van der Waals surface area contributed by atoms with Gasteiger partial charge in [-0.2, -0.15) is 0 Å². The minimum absolute atomic E-state index is 0.0887. The summed E-state index contributed by atoms with van der Waals surface area (Å²) in [5.74, 6) is 0.527. The highest BCUT2D eigenvalue weighted by molar-refractivity contribution is 6.31. The van der Waals surface area contributed by atoms with Gasteiger partial charge in [-0.05, 0) is 93.8 Å². The summed E-state index contributed by atoms with van der Waals surface area (Å²) in [5.41, 5.74) is 4.29. The van der Waals surface area contributed by atoms with E-state index in [9.17, 15) is 14.3 Å². The van der Waals surface area contributed by atoms with Crippen LogP contribution in [0.1, 0.15) is 54.4 Å². The molecule has 0 atom stereocenters. The molecule has 37 heavy (non-hydrogen) atoms. The van der Waals surface area contributed by atoms with Crippen molar-refractivity contribution in [2.75, 3.05) is 32.1 Å². The van der Waals surface area contributed by atoms with Crippen LogP contribution in [-0.2, 0) is 0 Å². The van der Waals surface area contributed by atoms with Gasteiger partial charge in [0, 0.05) is 47.2 Å². The SMILES string of the molecule is Cc1c(F)cc(-c2ccc3ncc(C(=O)C4CC4)c(NC4CCC(CN(C)CCO)CC4)c3c2)cc1Cl. The van der Waals surface area contributed by atoms with Crippen LogP contribution >= 0.6 is 11.6 Å². The van der Waals surface area contributed by atoms with Crippen molar-refractivity contribution in [3.05, 3.63) is 58.5 Å². The lowest BCUT2D eigenvalue weighted by Gasteiger charge is -2.32. The van der Waals surface area contributed by atoms with Gasteiger partial charge in [-0.3, -0.25) is 9.78 Å². The van der Waals surface area contributed by atoms with E-state index in [-0.39, 0.29) is 30.2 Å². The number of hydrogen-bond donors (Lipinski definition) is 2. The molecule has 196 valence electrons. The number of rotatable bonds is 9. The molecule has 0 radical (unpaired) electrons. The Labute approximate surface area is 223 Å². The molecule has 0 unspecified atom stereocenters. The number of carbonyl (C=O) groups excluding carboxylic acids is 1. The second-order valence-corrected chi connectivity index (χ2v) is 11.2. The molecule has 0 aliphatic heterocycles. The summed E-state index contributed by atoms with van der Waals surface area (Å²) in [7, 11) is 2.06. The number of aliphatic hydroxyl groups excluding tert-OH is 1. The van der Waals surface area contributed by atoms with Crippen LogP contribution in [0.25, 0.3) is 22.0 Å². The number of benzene rings is 2. The number of likely N-dealkylation sites (N-methyl/N-ethyl adjacent to an activating group) is 1. The molecule has 2 N–H and O–H groups in total. The van der Waals surface area contributed by atoms with E-state index in [0.717, 1.165) is 67.2 Å². The Bertz CT molecular complexity index is 1280. The van der Waals surface area contributed by atoms with E-state index in [0.29, 0.717) is 34.2 Å². The molecule has 0 bridgehead atoms. The molecule has 2 saturated carbocycles. The zero-order chi connectivity index (χ0) is 26.1. The molecule has 5 nitrogen and oxygen atoms in total. The van der Waals surface area contributed by atoms with Crippen molar-refractivity contribution in [1.82, 2.24) is 9.88 Å². The number of fused-ring (bicyclic) bond motifs is 1. The second kappa shape index (κ2) is 11.1. The maximum atomic E-state index is 14.5. The molecule has 7 heteroatoms. The van der Waals surface area contributed by atoms with Gasteiger partial charge in [0.05, 0.1) is 23.4 Å². The molecular weight excluding hydrogens is 489 g/mol. The van der Waals surface area contributed by atoms with Crippen molar-refractivity contribution in [2.45, 2.75) is 51.5 Å². The number of ketones is 1. The smallest absolute Gasteiger partial charge is 0.169 e. The highest BCUT2D eigenvalue weighted by Gasteiger charge is 2.33. The number of aromatic nitrogens is 1. The number of carbonyl (C=O) groups is 1. The van der Waals surface area contributed by atoms with Crippen molar-refractivity contribution in [2.24, 2.45) is 11.8 Å². The van der Waals surface area contributed by atoms with Crippen LogP contribution in [0.15, 0.2) is 36.5 Å². The number of hydrogen-bond acceptors (Lipinski definition) is 5. The fourth-order valence-electron chi connectivity index (χ4n) is 5.49. The summed E-state index contributed by atoms with van der Waals surface area (Å²) in [5, 5.41) is 14.2. The fourth-order valence-corrected chi connectivity index (χ4v) is 5.70. The van der Waals surface area contributed by atoms with Crippen LogP contribution in [0.5, 0.6) is 0 Å². The lowest BCUT2D eigenvalue weighted by Crippen LogP contribution is -2.33. The summed E-state index contributed by atoms with van der Waals surface area (Å²) in [6, 6.07) is 9.43. The van der Waals surface area contributed by atoms with Gasteiger partial charge in [0.2, 0.25) is 0 Å². The first-order chi connectivity index (χ1) is 17.8. The van der Waals surface area contributed by atoms with Crippen molar-refractivity contribution in [1.29, 1.82) is 0 Å². The molecule has 1 heterocycles. The van der Waals surface area contributed by atoms with Gasteiger partial charge in [0.15, 0.2) is 5.78 Å². The largest absolute Gasteiger partial charge is 0.395 e. The van der Waals surface area contributed by atoms with Crippen molar-refractivity contribution < 1.29 is 14.3 Å². The summed E-state index contributed by atoms with van der Waals surface area (Å²) >= 11 is 6.29. The van der Waals surface area contributed by atoms with E-state index >= 15 is 0 Å². The Morgan fingerprint density at radius 1 is 1.14 bits per heavy atom. The maximum Gasteiger partial charge on any atom is 0.169 e. The summed E-state index contributed by atoms with van der Waals surface area (Å²) in [6.07, 6.45) is 7.86. The highest BCUT2D eigenvalue weighted by atomic mass is 35.5. The topological polar surface area (TPSA) is 65.5 Å². The fraction of sp³-hybridized carbons (Fsp3) is 0.467. The summed E-state index contributed by atoms with van der Waals surface area (Å²) in [6.45, 7) is 3.55. The molecule has 0 saturated heterocycles. The van der Waals surface area contributed by atoms with E-state index in [4.69, 9.17) is 11.6 Å². The lowest BCUT2D eigenvalue weighted by molar-refractivity contribution is 0.0968. The van der Waals surface area contributed by atoms with Gasteiger partial charge in [-0.15, -0.1) is 0 Å². The first kappa shape index (κ1) is 26.1. The van der Waals surface area contributed by atoms with Crippen molar-refractivity contribution in [3.63, 3.8) is 0 Å². The van der Waals surface area contributed by atoms with Gasteiger partial charge in [0.1, 0.15) is 5.82 Å². The van der Waals surface area contributed by atoms with Crippen LogP contribution in [0.4, 0.5) is 10.1 Å². The number of Topliss-reactive ketones (excluding diaryl/α,β-unsaturated/α-hetero) is 1. The number of nitrogens with one attached hydrogen (secondary N) is 1. The van der Waals surface area contributed by atoms with Crippen LogP contribution < -0.4 is 5.32 Å². The van der Waals surface area contributed by atoms with Crippen molar-refractivity contribution in [3.8, 4) is 11.1 Å². The van der Waals surface area contributed by atoms with Crippen LogP contribution in [0.2, 0.25) is 5.02 Å². The molecular formula is C30H35ClFN3O2. The minimum atomic E-state index is -0.335. The zero-order valence-corrected chi connectivity index (χ0v) is 22.3. The monoisotopic (exact) mass is 523 g/mol. The predicted octanol–water partition coefficient (Wildman–Crippen LogP) is 6.49. The Hall–Kier alpha value is -2.54. The average Bonchev–Trinajstić information content (AvgIpc) is 3.73. The van der Waals surface area contributed by atoms with Crippen molar-refractivity contribution >= 4 is 34.0 Å². The maximum absolute atomic E-state index is 14.5. The minimum Gasteiger partial charge on any atom is -0.395 e. The molecule has 5 rings (SSSR count). The number of halogens is 2. The Balaban J connectivity index is 1.46. The molecule has 0 spiro atoms. The first-order valence-corrected chi connectivity index (χ1v) is 13.7. The van der Waals surface area contributed by atoms with E-state index in [1.54, 1.807) is 19.2 Å².